The van der Waals surface area contributed by atoms with Crippen molar-refractivity contribution in [2.45, 2.75) is 91.0 Å². The molecule has 0 bridgehead atoms. The number of Topliss-reactive ketones (excluding diaryl/α,β-unsaturated/α-hetero) is 1. The fourth-order valence-electron chi connectivity index (χ4n) is 3.03. The third kappa shape index (κ3) is 12.6. The second-order valence-corrected chi connectivity index (χ2v) is 6.16. The van der Waals surface area contributed by atoms with Gasteiger partial charge in [-0.25, -0.2) is 10.1 Å². The van der Waals surface area contributed by atoms with Crippen LogP contribution in [0.3, 0.4) is 0 Å². The molecule has 0 radical (unpaired) electrons. The van der Waals surface area contributed by atoms with Crippen LogP contribution in [0.2, 0.25) is 0 Å². The summed E-state index contributed by atoms with van der Waals surface area (Å²) in [7, 11) is 0. The van der Waals surface area contributed by atoms with Gasteiger partial charge >= 0.3 is 0 Å². The average Bonchev–Trinajstić information content (AvgIpc) is 2.56. The first-order chi connectivity index (χ1) is 11.2. The average molecular weight is 331 g/mol. The van der Waals surface area contributed by atoms with Crippen molar-refractivity contribution >= 4 is 5.78 Å². The molecule has 0 amide bonds. The standard InChI is InChI=1S/C18H37NO4/c1-4-7-8-9-10-11-12-18(20)14-13-17(15-16-22-23-21)19(5-2)6-3/h17,21H,4-16H2,1-3H3. The molecule has 0 saturated carbocycles. The summed E-state index contributed by atoms with van der Waals surface area (Å²) in [4.78, 5) is 18.9. The van der Waals surface area contributed by atoms with Crippen molar-refractivity contribution in [1.29, 1.82) is 0 Å². The summed E-state index contributed by atoms with van der Waals surface area (Å²) < 4.78 is 0. The molecule has 0 spiro atoms. The van der Waals surface area contributed by atoms with Gasteiger partial charge in [0, 0.05) is 18.9 Å². The number of unbranched alkanes of at least 4 members (excludes halogenated alkanes) is 5. The summed E-state index contributed by atoms with van der Waals surface area (Å²) in [5.41, 5.74) is 0. The van der Waals surface area contributed by atoms with E-state index in [1.54, 1.807) is 0 Å². The first-order valence-electron chi connectivity index (χ1n) is 9.38. The molecule has 0 aliphatic rings. The minimum Gasteiger partial charge on any atom is -0.301 e. The maximum Gasteiger partial charge on any atom is 0.132 e. The molecule has 1 unspecified atom stereocenters. The number of ketones is 1. The molecule has 0 heterocycles. The Kier molecular flexibility index (Phi) is 16.0. The number of carbonyl (C=O) groups excluding carboxylic acids is 1. The summed E-state index contributed by atoms with van der Waals surface area (Å²) in [6.07, 6.45) is 10.3. The number of nitrogens with zero attached hydrogens (tertiary/aromatic N) is 1. The molecule has 1 N–H and O–H groups in total. The Hall–Kier alpha value is -0.490. The van der Waals surface area contributed by atoms with Crippen molar-refractivity contribution < 1.29 is 20.0 Å². The second kappa shape index (κ2) is 16.4. The third-order valence-electron chi connectivity index (χ3n) is 4.48. The zero-order valence-corrected chi connectivity index (χ0v) is 15.4. The zero-order chi connectivity index (χ0) is 17.3. The van der Waals surface area contributed by atoms with Crippen LogP contribution >= 0.6 is 0 Å². The fraction of sp³-hybridized carbons (Fsp3) is 0.944. The molecule has 5 nitrogen and oxygen atoms in total. The molecule has 138 valence electrons. The maximum absolute atomic E-state index is 12.1. The van der Waals surface area contributed by atoms with Crippen LogP contribution in [-0.2, 0) is 14.7 Å². The van der Waals surface area contributed by atoms with Gasteiger partial charge in [0.25, 0.3) is 0 Å². The van der Waals surface area contributed by atoms with Crippen LogP contribution in [0.1, 0.15) is 85.0 Å². The molecule has 5 heteroatoms. The van der Waals surface area contributed by atoms with E-state index in [0.717, 1.165) is 32.4 Å². The van der Waals surface area contributed by atoms with Gasteiger partial charge in [-0.15, -0.1) is 0 Å². The molecule has 0 aromatic rings. The number of hydrogen-bond acceptors (Lipinski definition) is 5. The van der Waals surface area contributed by atoms with Gasteiger partial charge in [-0.2, -0.15) is 0 Å². The van der Waals surface area contributed by atoms with Gasteiger partial charge in [0.2, 0.25) is 0 Å². The summed E-state index contributed by atoms with van der Waals surface area (Å²) in [5, 5.41) is 11.9. The van der Waals surface area contributed by atoms with Crippen molar-refractivity contribution in [1.82, 2.24) is 4.90 Å². The predicted molar refractivity (Wildman–Crippen MR) is 93.2 cm³/mol. The zero-order valence-electron chi connectivity index (χ0n) is 15.4. The lowest BCUT2D eigenvalue weighted by atomic mass is 10.0. The van der Waals surface area contributed by atoms with E-state index in [-0.39, 0.29) is 0 Å². The van der Waals surface area contributed by atoms with Gasteiger partial charge < -0.3 is 4.90 Å². The lowest BCUT2D eigenvalue weighted by Gasteiger charge is -2.29. The maximum atomic E-state index is 12.1. The predicted octanol–water partition coefficient (Wildman–Crippen LogP) is 4.61. The highest BCUT2D eigenvalue weighted by Crippen LogP contribution is 2.14. The third-order valence-corrected chi connectivity index (χ3v) is 4.48. The minimum atomic E-state index is 0.300. The van der Waals surface area contributed by atoms with Crippen LogP contribution in [0.25, 0.3) is 0 Å². The van der Waals surface area contributed by atoms with Gasteiger partial charge in [0.15, 0.2) is 0 Å². The Morgan fingerprint density at radius 3 is 2.22 bits per heavy atom. The highest BCUT2D eigenvalue weighted by molar-refractivity contribution is 5.78. The molecule has 0 aliphatic carbocycles. The van der Waals surface area contributed by atoms with E-state index in [2.05, 4.69) is 35.6 Å². The van der Waals surface area contributed by atoms with Crippen molar-refractivity contribution in [3.05, 3.63) is 0 Å². The van der Waals surface area contributed by atoms with E-state index in [1.807, 2.05) is 0 Å². The fourth-order valence-corrected chi connectivity index (χ4v) is 3.03. The van der Waals surface area contributed by atoms with Crippen LogP contribution < -0.4 is 0 Å². The van der Waals surface area contributed by atoms with Gasteiger partial charge in [-0.05, 0) is 32.4 Å². The Balaban J connectivity index is 3.95. The summed E-state index contributed by atoms with van der Waals surface area (Å²) in [6.45, 7) is 8.70. The van der Waals surface area contributed by atoms with Crippen LogP contribution in [0.15, 0.2) is 0 Å². The lowest BCUT2D eigenvalue weighted by Crippen LogP contribution is -2.36. The van der Waals surface area contributed by atoms with Crippen molar-refractivity contribution in [3.8, 4) is 0 Å². The van der Waals surface area contributed by atoms with E-state index in [4.69, 9.17) is 5.26 Å². The molecule has 0 saturated heterocycles. The Bertz CT molecular complexity index is 270. The van der Waals surface area contributed by atoms with Crippen molar-refractivity contribution in [2.75, 3.05) is 19.7 Å². The van der Waals surface area contributed by atoms with E-state index in [1.165, 1.54) is 32.1 Å². The smallest absolute Gasteiger partial charge is 0.132 e. The highest BCUT2D eigenvalue weighted by atomic mass is 17.5. The normalized spacial score (nSPS) is 12.7. The van der Waals surface area contributed by atoms with Gasteiger partial charge in [-0.3, -0.25) is 4.79 Å². The largest absolute Gasteiger partial charge is 0.301 e. The molecule has 0 aliphatic heterocycles. The number of hydrogen-bond donors (Lipinski definition) is 1. The lowest BCUT2D eigenvalue weighted by molar-refractivity contribution is -0.491. The SMILES string of the molecule is CCCCCCCCC(=O)CCC(CCOOO)N(CC)CC. The van der Waals surface area contributed by atoms with Crippen LogP contribution in [0, 0.1) is 0 Å². The molecular weight excluding hydrogens is 294 g/mol. The molecule has 0 aromatic heterocycles. The molecular formula is C18H37NO4. The van der Waals surface area contributed by atoms with Crippen LogP contribution in [0.4, 0.5) is 0 Å². The quantitative estimate of drug-likeness (QED) is 0.240. The summed E-state index contributed by atoms with van der Waals surface area (Å²) in [6, 6.07) is 0.300. The molecule has 0 rings (SSSR count). The van der Waals surface area contributed by atoms with E-state index >= 15 is 0 Å². The van der Waals surface area contributed by atoms with Gasteiger partial charge in [-0.1, -0.05) is 57.9 Å². The molecule has 0 aromatic carbocycles. The van der Waals surface area contributed by atoms with Crippen molar-refractivity contribution in [2.24, 2.45) is 0 Å². The first kappa shape index (κ1) is 22.5. The van der Waals surface area contributed by atoms with Gasteiger partial charge in [0.05, 0.1) is 6.61 Å². The highest BCUT2D eigenvalue weighted by Gasteiger charge is 2.17. The molecule has 1 atom stereocenters. The Labute approximate surface area is 142 Å². The van der Waals surface area contributed by atoms with Crippen LogP contribution in [0.5, 0.6) is 0 Å². The van der Waals surface area contributed by atoms with Crippen molar-refractivity contribution in [3.63, 3.8) is 0 Å². The number of rotatable bonds is 17. The van der Waals surface area contributed by atoms with E-state index < -0.39 is 0 Å². The number of carbonyl (C=O) groups is 1. The monoisotopic (exact) mass is 331 g/mol. The van der Waals surface area contributed by atoms with E-state index in [9.17, 15) is 4.79 Å². The van der Waals surface area contributed by atoms with Gasteiger partial charge in [0.1, 0.15) is 5.78 Å². The Morgan fingerprint density at radius 1 is 0.957 bits per heavy atom. The Morgan fingerprint density at radius 2 is 1.61 bits per heavy atom. The summed E-state index contributed by atoms with van der Waals surface area (Å²) >= 11 is 0. The van der Waals surface area contributed by atoms with E-state index in [0.29, 0.717) is 31.3 Å². The van der Waals surface area contributed by atoms with Crippen LogP contribution in [-0.4, -0.2) is 41.7 Å². The first-order valence-corrected chi connectivity index (χ1v) is 9.38. The molecule has 23 heavy (non-hydrogen) atoms. The topological polar surface area (TPSA) is 59.0 Å². The summed E-state index contributed by atoms with van der Waals surface area (Å²) in [5.74, 6) is 0.372. The molecule has 0 fully saturated rings. The second-order valence-electron chi connectivity index (χ2n) is 6.16. The minimum absolute atomic E-state index is 0.300.